The van der Waals surface area contributed by atoms with E-state index in [-0.39, 0.29) is 18.2 Å². The predicted molar refractivity (Wildman–Crippen MR) is 91.2 cm³/mol. The fourth-order valence-electron chi connectivity index (χ4n) is 2.89. The number of amides is 1. The Morgan fingerprint density at radius 1 is 1.27 bits per heavy atom. The highest BCUT2D eigenvalue weighted by molar-refractivity contribution is 6.04. The summed E-state index contributed by atoms with van der Waals surface area (Å²) in [4.78, 5) is 30.3. The minimum Gasteiger partial charge on any atom is -0.484 e. The van der Waals surface area contributed by atoms with Gasteiger partial charge in [-0.15, -0.1) is 0 Å². The lowest BCUT2D eigenvalue weighted by Gasteiger charge is -2.47. The van der Waals surface area contributed by atoms with Crippen LogP contribution in [0.15, 0.2) is 46.6 Å². The molecule has 2 aliphatic heterocycles. The third-order valence-corrected chi connectivity index (χ3v) is 4.14. The average Bonchev–Trinajstić information content (AvgIpc) is 2.99. The van der Waals surface area contributed by atoms with Crippen molar-refractivity contribution in [3.05, 3.63) is 41.6 Å². The predicted octanol–water partition coefficient (Wildman–Crippen LogP) is 1.47. The van der Waals surface area contributed by atoms with Gasteiger partial charge in [0.25, 0.3) is 11.6 Å². The van der Waals surface area contributed by atoms with E-state index in [0.29, 0.717) is 11.3 Å². The normalized spacial score (nSPS) is 23.4. The van der Waals surface area contributed by atoms with Gasteiger partial charge in [0.2, 0.25) is 12.1 Å². The number of esters is 1. The van der Waals surface area contributed by atoms with Crippen LogP contribution in [-0.2, 0) is 23.8 Å². The maximum Gasteiger partial charge on any atom is 0.354 e. The van der Waals surface area contributed by atoms with Gasteiger partial charge in [0.15, 0.2) is 6.61 Å². The van der Waals surface area contributed by atoms with E-state index >= 15 is 0 Å². The van der Waals surface area contributed by atoms with Crippen LogP contribution in [0.3, 0.4) is 0 Å². The molecular formula is C18H20N2O6. The number of aliphatic imine (C=N–C) groups is 1. The van der Waals surface area contributed by atoms with E-state index in [1.807, 2.05) is 18.2 Å². The molecule has 0 spiro atoms. The van der Waals surface area contributed by atoms with Gasteiger partial charge in [0, 0.05) is 7.11 Å². The summed E-state index contributed by atoms with van der Waals surface area (Å²) < 4.78 is 21.5. The summed E-state index contributed by atoms with van der Waals surface area (Å²) in [6.45, 7) is 3.46. The fraction of sp³-hybridized carbons (Fsp3) is 0.389. The van der Waals surface area contributed by atoms with E-state index in [1.54, 1.807) is 26.0 Å². The van der Waals surface area contributed by atoms with Gasteiger partial charge in [-0.2, -0.15) is 0 Å². The first-order valence-corrected chi connectivity index (χ1v) is 8.02. The van der Waals surface area contributed by atoms with Gasteiger partial charge in [-0.1, -0.05) is 18.2 Å². The Morgan fingerprint density at radius 2 is 1.96 bits per heavy atom. The maximum atomic E-state index is 12.7. The monoisotopic (exact) mass is 360 g/mol. The van der Waals surface area contributed by atoms with Crippen LogP contribution in [0.2, 0.25) is 0 Å². The summed E-state index contributed by atoms with van der Waals surface area (Å²) in [6, 6.07) is 9.16. The molecule has 1 aromatic carbocycles. The number of carbonyl (C=O) groups excluding carboxylic acids is 2. The Labute approximate surface area is 151 Å². The largest absolute Gasteiger partial charge is 0.484 e. The summed E-state index contributed by atoms with van der Waals surface area (Å²) in [7, 11) is 2.63. The number of carbonyl (C=O) groups is 2. The van der Waals surface area contributed by atoms with Gasteiger partial charge < -0.3 is 18.9 Å². The zero-order valence-corrected chi connectivity index (χ0v) is 15.0. The fourth-order valence-corrected chi connectivity index (χ4v) is 2.89. The number of hydrogen-bond acceptors (Lipinski definition) is 7. The van der Waals surface area contributed by atoms with E-state index in [2.05, 4.69) is 4.99 Å². The zero-order chi connectivity index (χ0) is 18.9. The summed E-state index contributed by atoms with van der Waals surface area (Å²) in [5.41, 5.74) is -0.757. The Hall–Kier alpha value is -2.87. The average molecular weight is 360 g/mol. The molecule has 1 amide bonds. The molecule has 0 radical (unpaired) electrons. The molecule has 2 atom stereocenters. The quantitative estimate of drug-likeness (QED) is 0.434. The highest BCUT2D eigenvalue weighted by Crippen LogP contribution is 2.43. The second-order valence-electron chi connectivity index (χ2n) is 5.99. The molecule has 0 aromatic heterocycles. The number of likely N-dealkylation sites (tertiary alicyclic amines) is 1. The number of β-lactam (4-membered cyclic amide) rings is 1. The highest BCUT2D eigenvalue weighted by atomic mass is 16.6. The number of allylic oxidation sites excluding steroid dienone is 1. The van der Waals surface area contributed by atoms with Crippen LogP contribution in [0.25, 0.3) is 0 Å². The lowest BCUT2D eigenvalue weighted by Crippen LogP contribution is -2.72. The van der Waals surface area contributed by atoms with Crippen molar-refractivity contribution in [3.63, 3.8) is 0 Å². The van der Waals surface area contributed by atoms with E-state index in [4.69, 9.17) is 18.9 Å². The lowest BCUT2D eigenvalue weighted by atomic mass is 9.98. The number of benzene rings is 1. The van der Waals surface area contributed by atoms with Gasteiger partial charge >= 0.3 is 5.97 Å². The lowest BCUT2D eigenvalue weighted by molar-refractivity contribution is -0.217. The molecule has 26 heavy (non-hydrogen) atoms. The minimum absolute atomic E-state index is 0.0368. The van der Waals surface area contributed by atoms with Crippen molar-refractivity contribution >= 4 is 17.8 Å². The summed E-state index contributed by atoms with van der Waals surface area (Å²) in [6.07, 6.45) is -0.877. The maximum absolute atomic E-state index is 12.7. The number of rotatable bonds is 6. The van der Waals surface area contributed by atoms with Gasteiger partial charge in [0.1, 0.15) is 11.4 Å². The molecular weight excluding hydrogens is 340 g/mol. The molecule has 0 aliphatic carbocycles. The number of ether oxygens (including phenoxy) is 4. The summed E-state index contributed by atoms with van der Waals surface area (Å²) in [5.74, 6) is -0.247. The van der Waals surface area contributed by atoms with Crippen LogP contribution in [0.4, 0.5) is 0 Å². The molecule has 1 aromatic rings. The molecule has 0 unspecified atom stereocenters. The second kappa shape index (κ2) is 6.80. The van der Waals surface area contributed by atoms with E-state index in [1.165, 1.54) is 19.1 Å². The van der Waals surface area contributed by atoms with Crippen LogP contribution in [0.5, 0.6) is 5.75 Å². The summed E-state index contributed by atoms with van der Waals surface area (Å²) in [5, 5.41) is 0. The van der Waals surface area contributed by atoms with Crippen molar-refractivity contribution in [2.75, 3.05) is 20.8 Å². The third-order valence-electron chi connectivity index (χ3n) is 4.14. The smallest absolute Gasteiger partial charge is 0.354 e. The van der Waals surface area contributed by atoms with E-state index < -0.39 is 23.8 Å². The van der Waals surface area contributed by atoms with Gasteiger partial charge in [-0.3, -0.25) is 9.69 Å². The van der Waals surface area contributed by atoms with Crippen LogP contribution in [-0.4, -0.2) is 55.5 Å². The molecule has 2 heterocycles. The van der Waals surface area contributed by atoms with Crippen molar-refractivity contribution in [3.8, 4) is 5.75 Å². The molecule has 8 heteroatoms. The molecule has 0 N–H and O–H groups in total. The first-order chi connectivity index (χ1) is 12.4. The third kappa shape index (κ3) is 2.72. The molecule has 3 rings (SSSR count). The van der Waals surface area contributed by atoms with Crippen LogP contribution in [0.1, 0.15) is 13.8 Å². The molecule has 0 saturated carbocycles. The Morgan fingerprint density at radius 3 is 2.54 bits per heavy atom. The molecule has 1 fully saturated rings. The first-order valence-electron chi connectivity index (χ1n) is 8.02. The van der Waals surface area contributed by atoms with E-state index in [9.17, 15) is 9.59 Å². The summed E-state index contributed by atoms with van der Waals surface area (Å²) >= 11 is 0. The minimum atomic E-state index is -1.50. The highest BCUT2D eigenvalue weighted by Gasteiger charge is 2.70. The number of methoxy groups -OCH3 is 2. The van der Waals surface area contributed by atoms with Crippen molar-refractivity contribution in [2.45, 2.75) is 25.8 Å². The van der Waals surface area contributed by atoms with Gasteiger partial charge in [-0.05, 0) is 31.6 Å². The number of nitrogens with zero attached hydrogens (tertiary/aromatic N) is 2. The Kier molecular flexibility index (Phi) is 4.69. The molecule has 8 nitrogen and oxygen atoms in total. The number of para-hydroxylation sites is 1. The van der Waals surface area contributed by atoms with Crippen LogP contribution < -0.4 is 4.74 Å². The van der Waals surface area contributed by atoms with Crippen molar-refractivity contribution in [1.82, 2.24) is 4.90 Å². The first kappa shape index (κ1) is 17.9. The van der Waals surface area contributed by atoms with Gasteiger partial charge in [0.05, 0.1) is 7.11 Å². The Balaban J connectivity index is 1.80. The van der Waals surface area contributed by atoms with Gasteiger partial charge in [-0.25, -0.2) is 9.79 Å². The molecule has 138 valence electrons. The number of fused-ring (bicyclic) bond motifs is 1. The standard InChI is InChI=1S/C18H20N2O6/c1-11(2)14(15(21)23-3)20-16(22)18(24-4)17(20)26-13(19-18)10-25-12-8-6-5-7-9-12/h5-9,17H,10H2,1-4H3/t17-,18-/m1/s1. The Bertz CT molecular complexity index is 784. The molecule has 2 aliphatic rings. The van der Waals surface area contributed by atoms with Crippen molar-refractivity contribution in [2.24, 2.45) is 4.99 Å². The second-order valence-corrected chi connectivity index (χ2v) is 5.99. The van der Waals surface area contributed by atoms with Crippen LogP contribution >= 0.6 is 0 Å². The SMILES string of the molecule is COC(=O)C(=C(C)C)N1C(=O)[C@]2(OC)N=C(COc3ccccc3)O[C@@H]12. The zero-order valence-electron chi connectivity index (χ0n) is 15.0. The molecule has 1 saturated heterocycles. The van der Waals surface area contributed by atoms with Crippen molar-refractivity contribution < 1.29 is 28.5 Å². The topological polar surface area (TPSA) is 86.7 Å². The number of hydrogen-bond donors (Lipinski definition) is 0. The molecule has 0 bridgehead atoms. The van der Waals surface area contributed by atoms with Crippen LogP contribution in [0, 0.1) is 0 Å². The van der Waals surface area contributed by atoms with E-state index in [0.717, 1.165) is 0 Å². The van der Waals surface area contributed by atoms with Crippen molar-refractivity contribution in [1.29, 1.82) is 0 Å².